The van der Waals surface area contributed by atoms with E-state index in [1.807, 2.05) is 0 Å². The van der Waals surface area contributed by atoms with Gasteiger partial charge in [-0.25, -0.2) is 14.4 Å². The van der Waals surface area contributed by atoms with Crippen molar-refractivity contribution in [3.8, 4) is 0 Å². The summed E-state index contributed by atoms with van der Waals surface area (Å²) in [5.41, 5.74) is -7.18. The van der Waals surface area contributed by atoms with E-state index in [-0.39, 0.29) is 118 Å². The van der Waals surface area contributed by atoms with E-state index < -0.39 is 107 Å². The minimum absolute atomic E-state index is 0. The number of alkyl carbamates (subject to hydrolysis) is 1. The molecule has 11 atom stereocenters. The molecule has 4 aliphatic rings. The summed E-state index contributed by atoms with van der Waals surface area (Å²) < 4.78 is 23.0. The second kappa shape index (κ2) is 17.7. The molecule has 6 rings (SSSR count). The van der Waals surface area contributed by atoms with E-state index in [9.17, 15) is 44.7 Å². The van der Waals surface area contributed by atoms with E-state index in [0.717, 1.165) is 0 Å². The Morgan fingerprint density at radius 1 is 0.929 bits per heavy atom. The molecular formula is C40H49Ac2NO13. The van der Waals surface area contributed by atoms with Gasteiger partial charge in [0.2, 0.25) is 0 Å². The second-order valence-corrected chi connectivity index (χ2v) is 16.0. The Hall–Kier alpha value is -1.30. The minimum atomic E-state index is -2.30. The van der Waals surface area contributed by atoms with Crippen LogP contribution in [0.5, 0.6) is 0 Å². The van der Waals surface area contributed by atoms with Crippen LogP contribution in [0.3, 0.4) is 0 Å². The van der Waals surface area contributed by atoms with Crippen LogP contribution in [0.2, 0.25) is 0 Å². The summed E-state index contributed by atoms with van der Waals surface area (Å²) in [5, 5.41) is 63.0. The number of esters is 2. The molecule has 2 aromatic carbocycles. The van der Waals surface area contributed by atoms with Crippen molar-refractivity contribution in [2.24, 2.45) is 16.7 Å². The normalized spacial score (nSPS) is 34.0. The first-order chi connectivity index (χ1) is 25.3. The molecule has 2 saturated carbocycles. The zero-order valence-electron chi connectivity index (χ0n) is 32.2. The smallest absolute Gasteiger partial charge is 0.407 e. The number of nitrogens with one attached hydrogen (secondary N) is 1. The maximum Gasteiger partial charge on any atom is 0.407 e. The molecule has 1 amide bonds. The number of carbonyl (C=O) groups is 4. The van der Waals surface area contributed by atoms with Gasteiger partial charge in [0, 0.05) is 112 Å². The third kappa shape index (κ3) is 8.00. The predicted octanol–water partition coefficient (Wildman–Crippen LogP) is 2.30. The van der Waals surface area contributed by atoms with E-state index >= 15 is 0 Å². The first kappa shape index (κ1) is 47.4. The monoisotopic (exact) mass is 1210 g/mol. The summed E-state index contributed by atoms with van der Waals surface area (Å²) in [6, 6.07) is 14.7. The average molecular weight is 1210 g/mol. The standard InChI is InChI=1S/C40H49NO13.2Ac/c1-20(2)52-36(48)41-28(22-13-9-7-10-14-22)30(44)35(47)53-24-18-40(50)33(54-34(46)23-15-11-8-12-16-23)31-38(6,25(42)17-26-39(31,49)19-51-26)32(45)29(43)27(21(24)3)37(40,4)5;;/h7-16,20,24-26,28-31,33,42-44,49-50H,17-19H2,1-6H3,(H,41,48);;/t24?,25-,26+,28-,29+,30+,31-,33-,38+,39-,40+;;/m0../s1. The molecule has 3 fully saturated rings. The van der Waals surface area contributed by atoms with Crippen molar-refractivity contribution in [1.29, 1.82) is 0 Å². The molecule has 6 N–H and O–H groups in total. The van der Waals surface area contributed by atoms with Gasteiger partial charge in [0.25, 0.3) is 0 Å². The largest absolute Gasteiger partial charge is 0.456 e. The summed E-state index contributed by atoms with van der Waals surface area (Å²) in [5.74, 6) is -4.54. The van der Waals surface area contributed by atoms with Gasteiger partial charge in [0.05, 0.1) is 41.9 Å². The van der Waals surface area contributed by atoms with Gasteiger partial charge >= 0.3 is 18.0 Å². The number of Topliss-reactive ketones (excluding diaryl/α,β-unsaturated/α-hetero) is 1. The number of amides is 1. The van der Waals surface area contributed by atoms with Gasteiger partial charge in [-0.2, -0.15) is 0 Å². The number of fused-ring (bicyclic) bond motifs is 5. The molecule has 56 heavy (non-hydrogen) atoms. The zero-order chi connectivity index (χ0) is 39.5. The van der Waals surface area contributed by atoms with Gasteiger partial charge in [-0.1, -0.05) is 62.4 Å². The van der Waals surface area contributed by atoms with E-state index in [4.69, 9.17) is 18.9 Å². The van der Waals surface area contributed by atoms with Crippen LogP contribution in [0.25, 0.3) is 0 Å². The van der Waals surface area contributed by atoms with Crippen molar-refractivity contribution in [2.45, 2.75) is 114 Å². The van der Waals surface area contributed by atoms with Gasteiger partial charge in [0.15, 0.2) is 11.9 Å². The number of ketones is 1. The van der Waals surface area contributed by atoms with Gasteiger partial charge in [0.1, 0.15) is 29.5 Å². The van der Waals surface area contributed by atoms with Crippen LogP contribution < -0.4 is 5.32 Å². The van der Waals surface area contributed by atoms with Crippen molar-refractivity contribution in [2.75, 3.05) is 6.61 Å². The summed E-state index contributed by atoms with van der Waals surface area (Å²) in [6.07, 6.45) is -11.7. The van der Waals surface area contributed by atoms with E-state index in [1.54, 1.807) is 76.2 Å². The Morgan fingerprint density at radius 2 is 1.52 bits per heavy atom. The molecule has 3 aliphatic carbocycles. The Kier molecular flexibility index (Phi) is 15.0. The van der Waals surface area contributed by atoms with Crippen LogP contribution in [0, 0.1) is 105 Å². The number of hydrogen-bond donors (Lipinski definition) is 6. The molecule has 1 aliphatic heterocycles. The van der Waals surface area contributed by atoms with Crippen molar-refractivity contribution in [1.82, 2.24) is 5.32 Å². The Bertz CT molecular complexity index is 1830. The Balaban J connectivity index is 0.00000348. The van der Waals surface area contributed by atoms with Crippen LogP contribution in [0.1, 0.15) is 76.3 Å². The van der Waals surface area contributed by atoms with Crippen LogP contribution in [0.15, 0.2) is 71.8 Å². The number of carbonyl (C=O) groups excluding carboxylic acids is 4. The summed E-state index contributed by atoms with van der Waals surface area (Å²) in [6.45, 7) is 8.94. The van der Waals surface area contributed by atoms with Gasteiger partial charge in [-0.3, -0.25) is 4.79 Å². The number of ether oxygens (including phenoxy) is 4. The van der Waals surface area contributed by atoms with Gasteiger partial charge in [-0.15, -0.1) is 0 Å². The van der Waals surface area contributed by atoms with E-state index in [0.29, 0.717) is 5.56 Å². The molecule has 1 unspecified atom stereocenters. The maximum absolute atomic E-state index is 14.7. The summed E-state index contributed by atoms with van der Waals surface area (Å²) >= 11 is 0. The van der Waals surface area contributed by atoms with Crippen molar-refractivity contribution in [3.05, 3.63) is 82.9 Å². The minimum Gasteiger partial charge on any atom is -0.456 e. The van der Waals surface area contributed by atoms with Crippen molar-refractivity contribution in [3.63, 3.8) is 0 Å². The van der Waals surface area contributed by atoms with Crippen molar-refractivity contribution < 1.29 is 152 Å². The van der Waals surface area contributed by atoms with E-state index in [1.165, 1.54) is 26.0 Å². The number of hydrogen-bond acceptors (Lipinski definition) is 13. The summed E-state index contributed by atoms with van der Waals surface area (Å²) in [4.78, 5) is 55.2. The maximum atomic E-state index is 14.7. The SMILES string of the molecule is CC1=C2[C@@H](O)C(=O)[C@@]3(C)[C@H]([C@H](OC(=O)c4ccccc4)[C@](O)(CC1OC(=O)[C@H](O)[C@@H](NC(=O)OC(C)C)c1ccccc1)C2(C)C)[C@]1(O)CO[C@@H]1C[C@@H]3O.[Ac].[Ac]. The molecule has 0 spiro atoms. The van der Waals surface area contributed by atoms with Gasteiger partial charge < -0.3 is 49.8 Å². The zero-order valence-corrected chi connectivity index (χ0v) is 41.7. The first-order valence-corrected chi connectivity index (χ1v) is 18.1. The molecule has 14 nitrogen and oxygen atoms in total. The van der Waals surface area contributed by atoms with Crippen LogP contribution >= 0.6 is 0 Å². The second-order valence-electron chi connectivity index (χ2n) is 16.0. The Morgan fingerprint density at radius 3 is 2.07 bits per heavy atom. The van der Waals surface area contributed by atoms with Crippen LogP contribution in [-0.4, -0.2) is 110 Å². The summed E-state index contributed by atoms with van der Waals surface area (Å²) in [7, 11) is 0. The topological polar surface area (TPSA) is 218 Å². The number of benzene rings is 2. The fourth-order valence-electron chi connectivity index (χ4n) is 9.10. The fourth-order valence-corrected chi connectivity index (χ4v) is 9.10. The van der Waals surface area contributed by atoms with Crippen LogP contribution in [-0.2, 0) is 28.5 Å². The van der Waals surface area contributed by atoms with Crippen molar-refractivity contribution >= 4 is 23.8 Å². The number of aliphatic hydroxyl groups is 5. The van der Waals surface area contributed by atoms with E-state index in [2.05, 4.69) is 5.32 Å². The molecule has 0 aromatic heterocycles. The predicted molar refractivity (Wildman–Crippen MR) is 189 cm³/mol. The quantitative estimate of drug-likeness (QED) is 0.127. The molecule has 2 aromatic rings. The van der Waals surface area contributed by atoms with Gasteiger partial charge in [-0.05, 0) is 56.5 Å². The number of rotatable bonds is 8. The first-order valence-electron chi connectivity index (χ1n) is 18.1. The molecule has 2 radical (unpaired) electrons. The Labute approximate surface area is 397 Å². The molecule has 1 saturated heterocycles. The molecule has 16 heteroatoms. The average Bonchev–Trinajstić information content (AvgIpc) is 3.12. The molecular weight excluding hydrogens is 1160 g/mol. The fraction of sp³-hybridized carbons (Fsp3) is 0.550. The molecule has 298 valence electrons. The molecule has 2 bridgehead atoms. The number of aliphatic hydroxyl groups excluding tert-OH is 3. The van der Waals surface area contributed by atoms with Crippen LogP contribution in [0.4, 0.5) is 4.79 Å². The third-order valence-electron chi connectivity index (χ3n) is 12.2. The molecule has 1 heterocycles. The third-order valence-corrected chi connectivity index (χ3v) is 12.2.